The third-order valence-electron chi connectivity index (χ3n) is 4.82. The number of nitrogens with one attached hydrogen (secondary N) is 1. The third-order valence-corrected chi connectivity index (χ3v) is 4.82. The van der Waals surface area contributed by atoms with Gasteiger partial charge in [0.05, 0.1) is 12.5 Å². The van der Waals surface area contributed by atoms with E-state index in [9.17, 15) is 9.59 Å². The molecule has 2 N–H and O–H groups in total. The van der Waals surface area contributed by atoms with Crippen molar-refractivity contribution in [1.29, 1.82) is 0 Å². The van der Waals surface area contributed by atoms with Gasteiger partial charge in [-0.05, 0) is 31.6 Å². The first-order valence-electron chi connectivity index (χ1n) is 7.61. The van der Waals surface area contributed by atoms with Gasteiger partial charge in [0.15, 0.2) is 0 Å². The second kappa shape index (κ2) is 6.57. The van der Waals surface area contributed by atoms with Crippen LogP contribution in [0.5, 0.6) is 0 Å². The van der Waals surface area contributed by atoms with Crippen molar-refractivity contribution in [2.24, 2.45) is 11.3 Å². The number of carboxylic acid groups (broad SMARTS) is 1. The van der Waals surface area contributed by atoms with Crippen molar-refractivity contribution in [3.05, 3.63) is 0 Å². The normalized spacial score (nSPS) is 28.4. The zero-order valence-electron chi connectivity index (χ0n) is 12.2. The minimum absolute atomic E-state index is 0.00718. The van der Waals surface area contributed by atoms with Crippen molar-refractivity contribution < 1.29 is 19.4 Å². The molecule has 5 heteroatoms. The van der Waals surface area contributed by atoms with Gasteiger partial charge in [0, 0.05) is 25.5 Å². The molecule has 2 aliphatic rings. The average molecular weight is 283 g/mol. The van der Waals surface area contributed by atoms with E-state index in [1.54, 1.807) is 0 Å². The first-order valence-corrected chi connectivity index (χ1v) is 7.61. The number of carbonyl (C=O) groups excluding carboxylic acids is 1. The Kier molecular flexibility index (Phi) is 5.02. The van der Waals surface area contributed by atoms with Crippen LogP contribution in [0, 0.1) is 11.3 Å². The molecule has 1 saturated heterocycles. The number of carbonyl (C=O) groups is 2. The molecule has 0 aromatic heterocycles. The molecule has 1 aliphatic carbocycles. The van der Waals surface area contributed by atoms with E-state index in [4.69, 9.17) is 9.84 Å². The van der Waals surface area contributed by atoms with Crippen molar-refractivity contribution in [3.8, 4) is 0 Å². The predicted octanol–water partition coefficient (Wildman–Crippen LogP) is 1.95. The zero-order valence-corrected chi connectivity index (χ0v) is 12.2. The van der Waals surface area contributed by atoms with Gasteiger partial charge in [0.2, 0.25) is 5.91 Å². The summed E-state index contributed by atoms with van der Waals surface area (Å²) < 4.78 is 5.47. The Balaban J connectivity index is 1.81. The number of aliphatic carboxylic acids is 1. The van der Waals surface area contributed by atoms with Crippen LogP contribution in [0.25, 0.3) is 0 Å². The lowest BCUT2D eigenvalue weighted by atomic mass is 9.79. The van der Waals surface area contributed by atoms with Gasteiger partial charge >= 0.3 is 5.97 Å². The Morgan fingerprint density at radius 3 is 2.55 bits per heavy atom. The molecule has 5 nitrogen and oxygen atoms in total. The lowest BCUT2D eigenvalue weighted by molar-refractivity contribution is -0.140. The quantitative estimate of drug-likeness (QED) is 0.781. The molecule has 0 spiro atoms. The molecule has 2 fully saturated rings. The van der Waals surface area contributed by atoms with Gasteiger partial charge < -0.3 is 15.2 Å². The highest BCUT2D eigenvalue weighted by atomic mass is 16.5. The average Bonchev–Trinajstić information content (AvgIpc) is 2.96. The Labute approximate surface area is 120 Å². The summed E-state index contributed by atoms with van der Waals surface area (Å²) in [6, 6.07) is 0. The number of carboxylic acids is 1. The maximum atomic E-state index is 12.1. The number of amides is 1. The highest BCUT2D eigenvalue weighted by Gasteiger charge is 2.38. The number of hydrogen-bond acceptors (Lipinski definition) is 3. The molecule has 1 aliphatic heterocycles. The van der Waals surface area contributed by atoms with E-state index < -0.39 is 5.97 Å². The van der Waals surface area contributed by atoms with Crippen LogP contribution >= 0.6 is 0 Å². The van der Waals surface area contributed by atoms with E-state index >= 15 is 0 Å². The molecule has 1 heterocycles. The minimum atomic E-state index is -0.794. The van der Waals surface area contributed by atoms with Gasteiger partial charge in [0.1, 0.15) is 0 Å². The molecule has 0 radical (unpaired) electrons. The SMILES string of the molecule is CC1OCCC1CNC(=O)CC1(CC(=O)O)CCCC1. The van der Waals surface area contributed by atoms with E-state index in [-0.39, 0.29) is 23.8 Å². The fourth-order valence-corrected chi connectivity index (χ4v) is 3.55. The third kappa shape index (κ3) is 3.95. The molecule has 0 aromatic carbocycles. The summed E-state index contributed by atoms with van der Waals surface area (Å²) in [5.74, 6) is -0.414. The van der Waals surface area contributed by atoms with Crippen LogP contribution in [0.2, 0.25) is 0 Å². The lowest BCUT2D eigenvalue weighted by Gasteiger charge is -2.26. The van der Waals surface area contributed by atoms with E-state index in [0.29, 0.717) is 18.9 Å². The summed E-state index contributed by atoms with van der Waals surface area (Å²) in [5.41, 5.74) is -0.312. The Morgan fingerprint density at radius 2 is 2.00 bits per heavy atom. The fourth-order valence-electron chi connectivity index (χ4n) is 3.55. The van der Waals surface area contributed by atoms with Gasteiger partial charge in [-0.1, -0.05) is 12.8 Å². The van der Waals surface area contributed by atoms with Crippen molar-refractivity contribution in [2.45, 2.75) is 58.0 Å². The summed E-state index contributed by atoms with van der Waals surface area (Å²) >= 11 is 0. The van der Waals surface area contributed by atoms with E-state index in [1.165, 1.54) is 0 Å². The lowest BCUT2D eigenvalue weighted by Crippen LogP contribution is -2.36. The van der Waals surface area contributed by atoms with E-state index in [1.807, 2.05) is 6.92 Å². The van der Waals surface area contributed by atoms with Gasteiger partial charge in [-0.3, -0.25) is 9.59 Å². The minimum Gasteiger partial charge on any atom is -0.481 e. The molecule has 20 heavy (non-hydrogen) atoms. The predicted molar refractivity (Wildman–Crippen MR) is 74.3 cm³/mol. The maximum absolute atomic E-state index is 12.1. The first kappa shape index (κ1) is 15.3. The highest BCUT2D eigenvalue weighted by molar-refractivity contribution is 5.78. The number of hydrogen-bond donors (Lipinski definition) is 2. The summed E-state index contributed by atoms with van der Waals surface area (Å²) in [5, 5.41) is 12.0. The molecular weight excluding hydrogens is 258 g/mol. The van der Waals surface area contributed by atoms with Gasteiger partial charge in [-0.15, -0.1) is 0 Å². The fraction of sp³-hybridized carbons (Fsp3) is 0.867. The second-order valence-corrected chi connectivity index (χ2v) is 6.38. The second-order valence-electron chi connectivity index (χ2n) is 6.38. The molecule has 2 rings (SSSR count). The van der Waals surface area contributed by atoms with Crippen molar-refractivity contribution in [2.75, 3.05) is 13.2 Å². The summed E-state index contributed by atoms with van der Waals surface area (Å²) in [6.07, 6.45) is 5.44. The Hall–Kier alpha value is -1.10. The molecule has 1 saturated carbocycles. The number of ether oxygens (including phenoxy) is 1. The van der Waals surface area contributed by atoms with Crippen LogP contribution in [-0.4, -0.2) is 36.2 Å². The van der Waals surface area contributed by atoms with E-state index in [0.717, 1.165) is 38.7 Å². The summed E-state index contributed by atoms with van der Waals surface area (Å²) in [6.45, 7) is 3.44. The van der Waals surface area contributed by atoms with Crippen molar-refractivity contribution in [1.82, 2.24) is 5.32 Å². The monoisotopic (exact) mass is 283 g/mol. The van der Waals surface area contributed by atoms with Gasteiger partial charge in [0.25, 0.3) is 0 Å². The van der Waals surface area contributed by atoms with Crippen LogP contribution < -0.4 is 5.32 Å². The Bertz CT molecular complexity index is 363. The van der Waals surface area contributed by atoms with E-state index in [2.05, 4.69) is 5.32 Å². The van der Waals surface area contributed by atoms with Crippen LogP contribution in [0.15, 0.2) is 0 Å². The molecule has 2 unspecified atom stereocenters. The van der Waals surface area contributed by atoms with Gasteiger partial charge in [-0.2, -0.15) is 0 Å². The van der Waals surface area contributed by atoms with Crippen molar-refractivity contribution in [3.63, 3.8) is 0 Å². The van der Waals surface area contributed by atoms with Crippen LogP contribution in [0.4, 0.5) is 0 Å². The van der Waals surface area contributed by atoms with Crippen molar-refractivity contribution >= 4 is 11.9 Å². The molecule has 114 valence electrons. The van der Waals surface area contributed by atoms with Crippen LogP contribution in [-0.2, 0) is 14.3 Å². The van der Waals surface area contributed by atoms with Gasteiger partial charge in [-0.25, -0.2) is 0 Å². The summed E-state index contributed by atoms with van der Waals surface area (Å²) in [4.78, 5) is 23.1. The molecule has 1 amide bonds. The summed E-state index contributed by atoms with van der Waals surface area (Å²) in [7, 11) is 0. The number of rotatable bonds is 6. The standard InChI is InChI=1S/C15H25NO4/c1-11-12(4-7-20-11)10-16-13(17)8-15(9-14(18)19)5-2-3-6-15/h11-12H,2-10H2,1H3,(H,16,17)(H,18,19). The largest absolute Gasteiger partial charge is 0.481 e. The molecule has 0 bridgehead atoms. The molecule has 0 aromatic rings. The molecular formula is C15H25NO4. The Morgan fingerprint density at radius 1 is 1.30 bits per heavy atom. The first-order chi connectivity index (χ1) is 9.51. The smallest absolute Gasteiger partial charge is 0.303 e. The van der Waals surface area contributed by atoms with Crippen LogP contribution in [0.1, 0.15) is 51.9 Å². The highest BCUT2D eigenvalue weighted by Crippen LogP contribution is 2.44. The molecule has 2 atom stereocenters. The topological polar surface area (TPSA) is 75.6 Å². The maximum Gasteiger partial charge on any atom is 0.303 e. The zero-order chi connectivity index (χ0) is 14.6. The van der Waals surface area contributed by atoms with Crippen LogP contribution in [0.3, 0.4) is 0 Å².